The van der Waals surface area contributed by atoms with E-state index in [1.165, 1.54) is 12.1 Å². The Bertz CT molecular complexity index is 667. The molecule has 0 aromatic heterocycles. The highest BCUT2D eigenvalue weighted by atomic mass is 19.4. The summed E-state index contributed by atoms with van der Waals surface area (Å²) in [6, 6.07) is 9.71. The molecule has 0 radical (unpaired) electrons. The topological polar surface area (TPSA) is 52.3 Å². The number of methoxy groups -OCH3 is 1. The molecule has 0 atom stereocenters. The van der Waals surface area contributed by atoms with E-state index in [9.17, 15) is 18.0 Å². The van der Waals surface area contributed by atoms with Crippen molar-refractivity contribution in [3.63, 3.8) is 0 Å². The van der Waals surface area contributed by atoms with Crippen LogP contribution in [0.25, 0.3) is 0 Å². The maximum Gasteiger partial charge on any atom is 0.419 e. The number of benzene rings is 2. The van der Waals surface area contributed by atoms with E-state index in [0.29, 0.717) is 0 Å². The van der Waals surface area contributed by atoms with Gasteiger partial charge in [0.2, 0.25) is 0 Å². The number of anilines is 1. The molecule has 3 nitrogen and oxygen atoms in total. The molecule has 2 aromatic carbocycles. The number of halogens is 3. The lowest BCUT2D eigenvalue weighted by Crippen LogP contribution is -2.12. The number of ketones is 1. The van der Waals surface area contributed by atoms with Gasteiger partial charge in [-0.2, -0.15) is 13.2 Å². The van der Waals surface area contributed by atoms with Gasteiger partial charge in [-0.15, -0.1) is 0 Å². The normalized spacial score (nSPS) is 11.2. The van der Waals surface area contributed by atoms with Crippen molar-refractivity contribution in [2.75, 3.05) is 12.8 Å². The molecule has 0 aliphatic carbocycles. The van der Waals surface area contributed by atoms with Gasteiger partial charge in [0.05, 0.1) is 12.7 Å². The summed E-state index contributed by atoms with van der Waals surface area (Å²) in [6.07, 6.45) is -4.63. The first-order valence-electron chi connectivity index (χ1n) is 5.99. The smallest absolute Gasteiger partial charge is 0.419 e. The Hall–Kier alpha value is -2.50. The van der Waals surface area contributed by atoms with Crippen LogP contribution in [0.2, 0.25) is 0 Å². The predicted octanol–water partition coefficient (Wildman–Crippen LogP) is 3.53. The van der Waals surface area contributed by atoms with Crippen molar-refractivity contribution in [1.82, 2.24) is 0 Å². The molecular formula is C15H12F3NO2. The number of ether oxygens (including phenoxy) is 1. The number of hydrogen-bond acceptors (Lipinski definition) is 3. The van der Waals surface area contributed by atoms with Gasteiger partial charge in [-0.05, 0) is 6.07 Å². The van der Waals surface area contributed by atoms with E-state index in [1.807, 2.05) is 0 Å². The molecule has 0 spiro atoms. The first-order valence-corrected chi connectivity index (χ1v) is 5.99. The van der Waals surface area contributed by atoms with Crippen LogP contribution in [0.15, 0.2) is 42.5 Å². The van der Waals surface area contributed by atoms with Crippen molar-refractivity contribution >= 4 is 11.5 Å². The van der Waals surface area contributed by atoms with Gasteiger partial charge in [0, 0.05) is 22.9 Å². The summed E-state index contributed by atoms with van der Waals surface area (Å²) in [6.45, 7) is 0. The lowest BCUT2D eigenvalue weighted by Gasteiger charge is -2.15. The van der Waals surface area contributed by atoms with Gasteiger partial charge in [-0.1, -0.05) is 30.3 Å². The standard InChI is InChI=1S/C15H12F3NO2/c1-21-13-8-12(19)10(7-11(13)15(16,17)18)14(20)9-5-3-2-4-6-9/h2-8H,19H2,1H3. The maximum atomic E-state index is 13.0. The Morgan fingerprint density at radius 1 is 1.14 bits per heavy atom. The van der Waals surface area contributed by atoms with E-state index < -0.39 is 23.3 Å². The zero-order valence-electron chi connectivity index (χ0n) is 11.1. The summed E-state index contributed by atoms with van der Waals surface area (Å²) >= 11 is 0. The lowest BCUT2D eigenvalue weighted by atomic mass is 9.99. The Morgan fingerprint density at radius 2 is 1.76 bits per heavy atom. The van der Waals surface area contributed by atoms with Crippen LogP contribution in [0.1, 0.15) is 21.5 Å². The van der Waals surface area contributed by atoms with Crippen LogP contribution in [-0.2, 0) is 6.18 Å². The lowest BCUT2D eigenvalue weighted by molar-refractivity contribution is -0.138. The van der Waals surface area contributed by atoms with Crippen LogP contribution in [-0.4, -0.2) is 12.9 Å². The molecule has 2 N–H and O–H groups in total. The van der Waals surface area contributed by atoms with Crippen LogP contribution >= 0.6 is 0 Å². The number of nitrogens with two attached hydrogens (primary N) is 1. The van der Waals surface area contributed by atoms with Gasteiger partial charge in [0.25, 0.3) is 0 Å². The van der Waals surface area contributed by atoms with Crippen molar-refractivity contribution in [2.24, 2.45) is 0 Å². The summed E-state index contributed by atoms with van der Waals surface area (Å²) in [5, 5.41) is 0. The van der Waals surface area contributed by atoms with Crippen LogP contribution in [0, 0.1) is 0 Å². The minimum atomic E-state index is -4.63. The molecule has 0 bridgehead atoms. The molecule has 21 heavy (non-hydrogen) atoms. The molecule has 0 aliphatic heterocycles. The zero-order valence-corrected chi connectivity index (χ0v) is 11.1. The van der Waals surface area contributed by atoms with E-state index in [2.05, 4.69) is 4.74 Å². The molecular weight excluding hydrogens is 283 g/mol. The number of rotatable bonds is 3. The second-order valence-corrected chi connectivity index (χ2v) is 4.33. The second-order valence-electron chi connectivity index (χ2n) is 4.33. The molecule has 0 heterocycles. The van der Waals surface area contributed by atoms with Gasteiger partial charge in [-0.3, -0.25) is 4.79 Å². The third-order valence-electron chi connectivity index (χ3n) is 2.96. The Morgan fingerprint density at radius 3 is 2.29 bits per heavy atom. The van der Waals surface area contributed by atoms with E-state index in [1.54, 1.807) is 18.2 Å². The van der Waals surface area contributed by atoms with Crippen molar-refractivity contribution in [2.45, 2.75) is 6.18 Å². The number of carbonyl (C=O) groups excluding carboxylic acids is 1. The van der Waals surface area contributed by atoms with Crippen LogP contribution in [0.5, 0.6) is 5.75 Å². The summed E-state index contributed by atoms with van der Waals surface area (Å²) in [4.78, 5) is 12.3. The molecule has 2 rings (SSSR count). The van der Waals surface area contributed by atoms with Crippen molar-refractivity contribution in [1.29, 1.82) is 0 Å². The maximum absolute atomic E-state index is 13.0. The predicted molar refractivity (Wildman–Crippen MR) is 72.3 cm³/mol. The van der Waals surface area contributed by atoms with Gasteiger partial charge < -0.3 is 10.5 Å². The van der Waals surface area contributed by atoms with E-state index in [4.69, 9.17) is 5.73 Å². The van der Waals surface area contributed by atoms with Crippen molar-refractivity contribution < 1.29 is 22.7 Å². The molecule has 0 aliphatic rings. The van der Waals surface area contributed by atoms with Gasteiger partial charge in [-0.25, -0.2) is 0 Å². The zero-order chi connectivity index (χ0) is 15.6. The highest BCUT2D eigenvalue weighted by molar-refractivity contribution is 6.12. The van der Waals surface area contributed by atoms with E-state index in [0.717, 1.165) is 19.2 Å². The fourth-order valence-corrected chi connectivity index (χ4v) is 1.93. The van der Waals surface area contributed by atoms with Crippen LogP contribution < -0.4 is 10.5 Å². The van der Waals surface area contributed by atoms with Gasteiger partial charge >= 0.3 is 6.18 Å². The average Bonchev–Trinajstić information content (AvgIpc) is 2.45. The molecule has 0 fully saturated rings. The SMILES string of the molecule is COc1cc(N)c(C(=O)c2ccccc2)cc1C(F)(F)F. The quantitative estimate of drug-likeness (QED) is 0.696. The third-order valence-corrected chi connectivity index (χ3v) is 2.96. The summed E-state index contributed by atoms with van der Waals surface area (Å²) in [7, 11) is 1.11. The average molecular weight is 295 g/mol. The second kappa shape index (κ2) is 5.47. The number of carbonyl (C=O) groups is 1. The van der Waals surface area contributed by atoms with E-state index >= 15 is 0 Å². The largest absolute Gasteiger partial charge is 0.496 e. The fraction of sp³-hybridized carbons (Fsp3) is 0.133. The fourth-order valence-electron chi connectivity index (χ4n) is 1.93. The highest BCUT2D eigenvalue weighted by Crippen LogP contribution is 2.39. The summed E-state index contributed by atoms with van der Waals surface area (Å²) in [5.41, 5.74) is 4.66. The molecule has 6 heteroatoms. The molecule has 2 aromatic rings. The van der Waals surface area contributed by atoms with E-state index in [-0.39, 0.29) is 16.8 Å². The van der Waals surface area contributed by atoms with Gasteiger partial charge in [0.1, 0.15) is 5.75 Å². The minimum absolute atomic E-state index is 0.0614. The molecule has 0 amide bonds. The number of nitrogen functional groups attached to an aromatic ring is 1. The first kappa shape index (κ1) is 14.9. The van der Waals surface area contributed by atoms with Crippen molar-refractivity contribution in [3.05, 3.63) is 59.2 Å². The molecule has 0 saturated heterocycles. The first-order chi connectivity index (χ1) is 9.84. The Balaban J connectivity index is 2.57. The Kier molecular flexibility index (Phi) is 3.88. The molecule has 0 unspecified atom stereocenters. The van der Waals surface area contributed by atoms with Crippen molar-refractivity contribution in [3.8, 4) is 5.75 Å². The summed E-state index contributed by atoms with van der Waals surface area (Å²) < 4.78 is 43.6. The van der Waals surface area contributed by atoms with Crippen LogP contribution in [0.4, 0.5) is 18.9 Å². The molecule has 0 saturated carbocycles. The monoisotopic (exact) mass is 295 g/mol. The number of hydrogen-bond donors (Lipinski definition) is 1. The number of alkyl halides is 3. The highest BCUT2D eigenvalue weighted by Gasteiger charge is 2.35. The molecule has 110 valence electrons. The minimum Gasteiger partial charge on any atom is -0.496 e. The van der Waals surface area contributed by atoms with Crippen LogP contribution in [0.3, 0.4) is 0 Å². The summed E-state index contributed by atoms with van der Waals surface area (Å²) in [5.74, 6) is -0.981. The Labute approximate surface area is 119 Å². The van der Waals surface area contributed by atoms with Gasteiger partial charge in [0.15, 0.2) is 5.78 Å². The third kappa shape index (κ3) is 2.99.